The maximum atomic E-state index is 11.9. The number of aliphatic hydroxyl groups excluding tert-OH is 1. The zero-order valence-corrected chi connectivity index (χ0v) is 11.2. The van der Waals surface area contributed by atoms with Crippen molar-refractivity contribution in [2.24, 2.45) is 0 Å². The van der Waals surface area contributed by atoms with Crippen LogP contribution >= 0.6 is 0 Å². The van der Waals surface area contributed by atoms with Crippen LogP contribution in [0.4, 0.5) is 13.2 Å². The van der Waals surface area contributed by atoms with E-state index in [1.165, 1.54) is 24.8 Å². The van der Waals surface area contributed by atoms with Gasteiger partial charge >= 0.3 is 6.18 Å². The first-order valence-corrected chi connectivity index (χ1v) is 6.88. The Balaban J connectivity index is 1.75. The number of benzene rings is 1. The Bertz CT molecular complexity index is 410. The molecule has 0 bridgehead atoms. The Morgan fingerprint density at radius 1 is 1.20 bits per heavy atom. The van der Waals surface area contributed by atoms with E-state index in [0.717, 1.165) is 5.56 Å². The first kappa shape index (κ1) is 15.3. The van der Waals surface area contributed by atoms with Gasteiger partial charge in [-0.05, 0) is 29.9 Å². The SMILES string of the molecule is OC(CCOCC(F)(F)F)c1ccc(C2CCC2)cc1. The van der Waals surface area contributed by atoms with Gasteiger partial charge in [-0.3, -0.25) is 0 Å². The molecule has 1 aromatic rings. The van der Waals surface area contributed by atoms with Crippen molar-refractivity contribution in [2.75, 3.05) is 13.2 Å². The van der Waals surface area contributed by atoms with E-state index in [4.69, 9.17) is 0 Å². The molecule has 20 heavy (non-hydrogen) atoms. The number of hydrogen-bond donors (Lipinski definition) is 1. The minimum atomic E-state index is -4.31. The fraction of sp³-hybridized carbons (Fsp3) is 0.600. The minimum absolute atomic E-state index is 0.106. The first-order chi connectivity index (χ1) is 9.46. The Labute approximate surface area is 116 Å². The third kappa shape index (κ3) is 4.49. The number of ether oxygens (including phenoxy) is 1. The second-order valence-electron chi connectivity index (χ2n) is 5.27. The van der Waals surface area contributed by atoms with Crippen LogP contribution in [-0.2, 0) is 4.74 Å². The highest BCUT2D eigenvalue weighted by Crippen LogP contribution is 2.36. The third-order valence-electron chi connectivity index (χ3n) is 3.70. The van der Waals surface area contributed by atoms with E-state index in [0.29, 0.717) is 5.92 Å². The Kier molecular flexibility index (Phi) is 5.05. The molecule has 1 atom stereocenters. The van der Waals surface area contributed by atoms with Gasteiger partial charge in [-0.2, -0.15) is 13.2 Å². The molecule has 0 aliphatic heterocycles. The van der Waals surface area contributed by atoms with Gasteiger partial charge in [0.25, 0.3) is 0 Å². The van der Waals surface area contributed by atoms with Crippen molar-refractivity contribution >= 4 is 0 Å². The molecule has 1 aliphatic carbocycles. The van der Waals surface area contributed by atoms with Crippen LogP contribution in [-0.4, -0.2) is 24.5 Å². The standard InChI is InChI=1S/C15H19F3O2/c16-15(17,18)10-20-9-8-14(19)13-6-4-12(5-7-13)11-2-1-3-11/h4-7,11,14,19H,1-3,8-10H2. The Morgan fingerprint density at radius 3 is 2.35 bits per heavy atom. The molecule has 2 nitrogen and oxygen atoms in total. The second-order valence-corrected chi connectivity index (χ2v) is 5.27. The maximum absolute atomic E-state index is 11.9. The summed E-state index contributed by atoms with van der Waals surface area (Å²) in [7, 11) is 0. The van der Waals surface area contributed by atoms with Gasteiger partial charge in [0.05, 0.1) is 6.10 Å². The lowest BCUT2D eigenvalue weighted by Gasteiger charge is -2.26. The molecule has 1 aromatic carbocycles. The van der Waals surface area contributed by atoms with Crippen molar-refractivity contribution in [2.45, 2.75) is 43.9 Å². The fourth-order valence-corrected chi connectivity index (χ4v) is 2.28. The molecular weight excluding hydrogens is 269 g/mol. The lowest BCUT2D eigenvalue weighted by Crippen LogP contribution is -2.18. The summed E-state index contributed by atoms with van der Waals surface area (Å²) in [5, 5.41) is 9.89. The quantitative estimate of drug-likeness (QED) is 0.803. The normalized spacial score (nSPS) is 17.8. The lowest BCUT2D eigenvalue weighted by atomic mass is 9.80. The number of aliphatic hydroxyl groups is 1. The van der Waals surface area contributed by atoms with E-state index in [1.807, 2.05) is 24.3 Å². The smallest absolute Gasteiger partial charge is 0.388 e. The van der Waals surface area contributed by atoms with Gasteiger partial charge in [-0.15, -0.1) is 0 Å². The maximum Gasteiger partial charge on any atom is 0.411 e. The van der Waals surface area contributed by atoms with Crippen molar-refractivity contribution in [3.63, 3.8) is 0 Å². The van der Waals surface area contributed by atoms with Crippen LogP contribution in [0, 0.1) is 0 Å². The highest BCUT2D eigenvalue weighted by molar-refractivity contribution is 5.27. The molecule has 0 heterocycles. The Morgan fingerprint density at radius 2 is 1.85 bits per heavy atom. The van der Waals surface area contributed by atoms with Gasteiger partial charge < -0.3 is 9.84 Å². The number of alkyl halides is 3. The zero-order chi connectivity index (χ0) is 14.6. The molecule has 1 N–H and O–H groups in total. The van der Waals surface area contributed by atoms with Crippen LogP contribution in [0.2, 0.25) is 0 Å². The van der Waals surface area contributed by atoms with Crippen LogP contribution in [0.1, 0.15) is 48.8 Å². The molecular formula is C15H19F3O2. The van der Waals surface area contributed by atoms with E-state index in [9.17, 15) is 18.3 Å². The number of halogens is 3. The van der Waals surface area contributed by atoms with Crippen molar-refractivity contribution in [1.82, 2.24) is 0 Å². The molecule has 0 spiro atoms. The van der Waals surface area contributed by atoms with Gasteiger partial charge in [0.2, 0.25) is 0 Å². The van der Waals surface area contributed by atoms with Crippen molar-refractivity contribution in [1.29, 1.82) is 0 Å². The predicted molar refractivity (Wildman–Crippen MR) is 69.5 cm³/mol. The molecule has 112 valence electrons. The van der Waals surface area contributed by atoms with Crippen molar-refractivity contribution in [3.8, 4) is 0 Å². The van der Waals surface area contributed by atoms with Crippen molar-refractivity contribution < 1.29 is 23.0 Å². The molecule has 1 aliphatic rings. The molecule has 0 aromatic heterocycles. The summed E-state index contributed by atoms with van der Waals surface area (Å²) in [6.07, 6.45) is -1.22. The molecule has 2 rings (SSSR count). The second kappa shape index (κ2) is 6.59. The lowest BCUT2D eigenvalue weighted by molar-refractivity contribution is -0.175. The van der Waals surface area contributed by atoms with Crippen LogP contribution in [0.3, 0.4) is 0 Å². The van der Waals surface area contributed by atoms with Crippen LogP contribution < -0.4 is 0 Å². The molecule has 0 amide bonds. The summed E-state index contributed by atoms with van der Waals surface area (Å²) in [4.78, 5) is 0. The zero-order valence-electron chi connectivity index (χ0n) is 11.2. The summed E-state index contributed by atoms with van der Waals surface area (Å²) in [6.45, 7) is -1.37. The van der Waals surface area contributed by atoms with Gasteiger partial charge in [-0.25, -0.2) is 0 Å². The first-order valence-electron chi connectivity index (χ1n) is 6.88. The van der Waals surface area contributed by atoms with Gasteiger partial charge in [0, 0.05) is 13.0 Å². The van der Waals surface area contributed by atoms with E-state index < -0.39 is 18.9 Å². The Hall–Kier alpha value is -1.07. The summed E-state index contributed by atoms with van der Waals surface area (Å²) < 4.78 is 40.1. The fourth-order valence-electron chi connectivity index (χ4n) is 2.28. The monoisotopic (exact) mass is 288 g/mol. The summed E-state index contributed by atoms with van der Waals surface area (Å²) in [6, 6.07) is 7.70. The predicted octanol–water partition coefficient (Wildman–Crippen LogP) is 3.96. The summed E-state index contributed by atoms with van der Waals surface area (Å²) in [5.41, 5.74) is 2.00. The minimum Gasteiger partial charge on any atom is -0.388 e. The van der Waals surface area contributed by atoms with Crippen molar-refractivity contribution in [3.05, 3.63) is 35.4 Å². The third-order valence-corrected chi connectivity index (χ3v) is 3.70. The van der Waals surface area contributed by atoms with E-state index in [2.05, 4.69) is 4.74 Å². The molecule has 0 radical (unpaired) electrons. The molecule has 1 saturated carbocycles. The topological polar surface area (TPSA) is 29.5 Å². The van der Waals surface area contributed by atoms with Crippen LogP contribution in [0.5, 0.6) is 0 Å². The van der Waals surface area contributed by atoms with Gasteiger partial charge in [0.1, 0.15) is 6.61 Å². The van der Waals surface area contributed by atoms with Crippen LogP contribution in [0.25, 0.3) is 0 Å². The number of hydrogen-bond acceptors (Lipinski definition) is 2. The highest BCUT2D eigenvalue weighted by Gasteiger charge is 2.27. The average molecular weight is 288 g/mol. The van der Waals surface area contributed by atoms with Gasteiger partial charge in [-0.1, -0.05) is 30.7 Å². The molecule has 1 fully saturated rings. The van der Waals surface area contributed by atoms with E-state index in [-0.39, 0.29) is 13.0 Å². The molecule has 0 saturated heterocycles. The summed E-state index contributed by atoms with van der Waals surface area (Å²) in [5.74, 6) is 0.635. The van der Waals surface area contributed by atoms with Gasteiger partial charge in [0.15, 0.2) is 0 Å². The molecule has 5 heteroatoms. The van der Waals surface area contributed by atoms with Crippen LogP contribution in [0.15, 0.2) is 24.3 Å². The van der Waals surface area contributed by atoms with E-state index in [1.54, 1.807) is 0 Å². The highest BCUT2D eigenvalue weighted by atomic mass is 19.4. The number of rotatable bonds is 6. The van der Waals surface area contributed by atoms with E-state index >= 15 is 0 Å². The largest absolute Gasteiger partial charge is 0.411 e. The summed E-state index contributed by atoms with van der Waals surface area (Å²) >= 11 is 0. The molecule has 1 unspecified atom stereocenters. The average Bonchev–Trinajstić information content (AvgIpc) is 2.32.